The molecule has 0 saturated carbocycles. The first-order valence-corrected chi connectivity index (χ1v) is 6.73. The number of nitriles is 1. The Morgan fingerprint density at radius 3 is 2.65 bits per heavy atom. The Bertz CT molecular complexity index is 414. The third kappa shape index (κ3) is 2.69. The highest BCUT2D eigenvalue weighted by molar-refractivity contribution is 5.43. The van der Waals surface area contributed by atoms with E-state index in [1.165, 1.54) is 30.4 Å². The van der Waals surface area contributed by atoms with Gasteiger partial charge in [0.15, 0.2) is 0 Å². The Hall–Kier alpha value is -1.29. The SMILES string of the molecule is CC.CCC1(C)CCCc2ccc(C#N)cc21. The topological polar surface area (TPSA) is 23.8 Å². The summed E-state index contributed by atoms with van der Waals surface area (Å²) in [6.45, 7) is 8.57. The fourth-order valence-corrected chi connectivity index (χ4v) is 2.60. The highest BCUT2D eigenvalue weighted by Crippen LogP contribution is 2.39. The zero-order valence-electron chi connectivity index (χ0n) is 11.5. The summed E-state index contributed by atoms with van der Waals surface area (Å²) >= 11 is 0. The summed E-state index contributed by atoms with van der Waals surface area (Å²) in [5.74, 6) is 0. The van der Waals surface area contributed by atoms with Crippen LogP contribution in [0, 0.1) is 11.3 Å². The van der Waals surface area contributed by atoms with Crippen molar-refractivity contribution in [3.63, 3.8) is 0 Å². The first-order chi connectivity index (χ1) is 8.19. The number of hydrogen-bond acceptors (Lipinski definition) is 1. The molecule has 0 spiro atoms. The maximum absolute atomic E-state index is 8.93. The van der Waals surface area contributed by atoms with Crippen LogP contribution in [0.4, 0.5) is 0 Å². The lowest BCUT2D eigenvalue weighted by molar-refractivity contribution is 0.381. The molecule has 0 bridgehead atoms. The van der Waals surface area contributed by atoms with Crippen molar-refractivity contribution < 1.29 is 0 Å². The first-order valence-electron chi connectivity index (χ1n) is 6.73. The van der Waals surface area contributed by atoms with E-state index in [0.717, 1.165) is 12.0 Å². The Labute approximate surface area is 105 Å². The van der Waals surface area contributed by atoms with Gasteiger partial charge in [0.05, 0.1) is 11.6 Å². The van der Waals surface area contributed by atoms with E-state index >= 15 is 0 Å². The summed E-state index contributed by atoms with van der Waals surface area (Å²) in [6.07, 6.45) is 4.88. The zero-order valence-corrected chi connectivity index (χ0v) is 11.5. The van der Waals surface area contributed by atoms with E-state index in [0.29, 0.717) is 5.41 Å². The van der Waals surface area contributed by atoms with Crippen LogP contribution >= 0.6 is 0 Å². The van der Waals surface area contributed by atoms with Crippen LogP contribution in [0.5, 0.6) is 0 Å². The van der Waals surface area contributed by atoms with Gasteiger partial charge in [-0.15, -0.1) is 0 Å². The average molecular weight is 229 g/mol. The maximum atomic E-state index is 8.93. The molecule has 0 N–H and O–H groups in total. The van der Waals surface area contributed by atoms with Crippen molar-refractivity contribution in [3.8, 4) is 6.07 Å². The lowest BCUT2D eigenvalue weighted by Crippen LogP contribution is -2.26. The van der Waals surface area contributed by atoms with E-state index in [1.807, 2.05) is 19.9 Å². The molecule has 2 rings (SSSR count). The van der Waals surface area contributed by atoms with Crippen LogP contribution in [0.15, 0.2) is 18.2 Å². The Morgan fingerprint density at radius 1 is 1.35 bits per heavy atom. The molecule has 1 unspecified atom stereocenters. The smallest absolute Gasteiger partial charge is 0.0991 e. The second-order valence-electron chi connectivity index (χ2n) is 4.75. The van der Waals surface area contributed by atoms with Gasteiger partial charge in [-0.3, -0.25) is 0 Å². The van der Waals surface area contributed by atoms with Gasteiger partial charge < -0.3 is 0 Å². The van der Waals surface area contributed by atoms with Gasteiger partial charge in [-0.05, 0) is 54.4 Å². The molecule has 0 radical (unpaired) electrons. The molecule has 1 aliphatic rings. The van der Waals surface area contributed by atoms with E-state index in [4.69, 9.17) is 5.26 Å². The standard InChI is InChI=1S/C14H17N.C2H6/c1-3-14(2)8-4-5-12-7-6-11(10-15)9-13(12)14;1-2/h6-7,9H,3-5,8H2,1-2H3;1-2H3. The lowest BCUT2D eigenvalue weighted by Gasteiger charge is -2.35. The van der Waals surface area contributed by atoms with Crippen molar-refractivity contribution in [1.29, 1.82) is 5.26 Å². The minimum absolute atomic E-state index is 0.292. The Morgan fingerprint density at radius 2 is 2.06 bits per heavy atom. The van der Waals surface area contributed by atoms with Gasteiger partial charge in [-0.2, -0.15) is 5.26 Å². The number of nitrogens with zero attached hydrogens (tertiary/aromatic N) is 1. The normalized spacial score (nSPS) is 21.8. The van der Waals surface area contributed by atoms with Crippen LogP contribution in [-0.4, -0.2) is 0 Å². The molecule has 1 atom stereocenters. The predicted octanol–water partition coefficient (Wildman–Crippen LogP) is 4.59. The summed E-state index contributed by atoms with van der Waals surface area (Å²) < 4.78 is 0. The number of rotatable bonds is 1. The van der Waals surface area contributed by atoms with E-state index < -0.39 is 0 Å². The highest BCUT2D eigenvalue weighted by Gasteiger charge is 2.30. The molecule has 1 aromatic rings. The summed E-state index contributed by atoms with van der Waals surface area (Å²) in [5.41, 5.74) is 3.95. The molecule has 17 heavy (non-hydrogen) atoms. The van der Waals surface area contributed by atoms with Crippen molar-refractivity contribution in [2.75, 3.05) is 0 Å². The molecule has 0 aromatic heterocycles. The van der Waals surface area contributed by atoms with Gasteiger partial charge in [0, 0.05) is 0 Å². The third-order valence-corrected chi connectivity index (χ3v) is 3.84. The number of benzene rings is 1. The molecule has 1 nitrogen and oxygen atoms in total. The first kappa shape index (κ1) is 13.8. The number of hydrogen-bond donors (Lipinski definition) is 0. The monoisotopic (exact) mass is 229 g/mol. The largest absolute Gasteiger partial charge is 0.192 e. The molecule has 0 fully saturated rings. The second kappa shape index (κ2) is 5.87. The third-order valence-electron chi connectivity index (χ3n) is 3.84. The van der Waals surface area contributed by atoms with Crippen LogP contribution < -0.4 is 0 Å². The zero-order chi connectivity index (χ0) is 12.9. The van der Waals surface area contributed by atoms with Crippen LogP contribution in [0.1, 0.15) is 63.6 Å². The van der Waals surface area contributed by atoms with Crippen LogP contribution in [0.25, 0.3) is 0 Å². The molecular formula is C16H23N. The molecule has 1 aromatic carbocycles. The van der Waals surface area contributed by atoms with E-state index in [-0.39, 0.29) is 0 Å². The maximum Gasteiger partial charge on any atom is 0.0991 e. The van der Waals surface area contributed by atoms with Gasteiger partial charge >= 0.3 is 0 Å². The van der Waals surface area contributed by atoms with Gasteiger partial charge in [0.25, 0.3) is 0 Å². The molecule has 0 amide bonds. The Balaban J connectivity index is 0.000000686. The molecule has 0 heterocycles. The summed E-state index contributed by atoms with van der Waals surface area (Å²) in [4.78, 5) is 0. The predicted molar refractivity (Wildman–Crippen MR) is 73.1 cm³/mol. The van der Waals surface area contributed by atoms with Crippen molar-refractivity contribution in [2.45, 2.75) is 58.8 Å². The molecule has 1 aliphatic carbocycles. The van der Waals surface area contributed by atoms with Gasteiger partial charge in [-0.1, -0.05) is 33.8 Å². The lowest BCUT2D eigenvalue weighted by atomic mass is 9.69. The van der Waals surface area contributed by atoms with Crippen molar-refractivity contribution in [2.24, 2.45) is 0 Å². The summed E-state index contributed by atoms with van der Waals surface area (Å²) in [7, 11) is 0. The fourth-order valence-electron chi connectivity index (χ4n) is 2.60. The molecule has 0 saturated heterocycles. The quantitative estimate of drug-likeness (QED) is 0.691. The van der Waals surface area contributed by atoms with E-state index in [1.54, 1.807) is 0 Å². The van der Waals surface area contributed by atoms with Crippen LogP contribution in [0.2, 0.25) is 0 Å². The second-order valence-corrected chi connectivity index (χ2v) is 4.75. The van der Waals surface area contributed by atoms with E-state index in [2.05, 4.69) is 32.0 Å². The van der Waals surface area contributed by atoms with Gasteiger partial charge in [0.1, 0.15) is 0 Å². The Kier molecular flexibility index (Phi) is 4.75. The number of aryl methyl sites for hydroxylation is 1. The van der Waals surface area contributed by atoms with Gasteiger partial charge in [-0.25, -0.2) is 0 Å². The average Bonchev–Trinajstić information content (AvgIpc) is 2.41. The molecular weight excluding hydrogens is 206 g/mol. The highest BCUT2D eigenvalue weighted by atomic mass is 14.3. The molecule has 1 heteroatoms. The summed E-state index contributed by atoms with van der Waals surface area (Å²) in [5, 5.41) is 8.93. The minimum Gasteiger partial charge on any atom is -0.192 e. The summed E-state index contributed by atoms with van der Waals surface area (Å²) in [6, 6.07) is 8.42. The molecule has 92 valence electrons. The molecule has 0 aliphatic heterocycles. The van der Waals surface area contributed by atoms with Crippen molar-refractivity contribution in [1.82, 2.24) is 0 Å². The van der Waals surface area contributed by atoms with Gasteiger partial charge in [0.2, 0.25) is 0 Å². The van der Waals surface area contributed by atoms with Crippen LogP contribution in [0.3, 0.4) is 0 Å². The van der Waals surface area contributed by atoms with Crippen LogP contribution in [-0.2, 0) is 11.8 Å². The number of fused-ring (bicyclic) bond motifs is 1. The van der Waals surface area contributed by atoms with Crippen molar-refractivity contribution >= 4 is 0 Å². The van der Waals surface area contributed by atoms with Crippen molar-refractivity contribution in [3.05, 3.63) is 34.9 Å². The minimum atomic E-state index is 0.292. The fraction of sp³-hybridized carbons (Fsp3) is 0.562. The van der Waals surface area contributed by atoms with E-state index in [9.17, 15) is 0 Å².